The Bertz CT molecular complexity index is 305. The third-order valence-corrected chi connectivity index (χ3v) is 2.08. The Hall–Kier alpha value is -1.22. The van der Waals surface area contributed by atoms with Crippen LogP contribution in [-0.2, 0) is 0 Å². The maximum atomic E-state index is 9.54. The summed E-state index contributed by atoms with van der Waals surface area (Å²) in [7, 11) is 0. The molecule has 0 aliphatic carbocycles. The van der Waals surface area contributed by atoms with Crippen LogP contribution in [0.1, 0.15) is 30.9 Å². The highest BCUT2D eigenvalue weighted by Gasteiger charge is 2.14. The monoisotopic (exact) mass is 182 g/mol. The molecule has 0 bridgehead atoms. The first kappa shape index (κ1) is 9.86. The molecule has 72 valence electrons. The zero-order valence-corrected chi connectivity index (χ0v) is 8.03. The molecule has 3 nitrogen and oxygen atoms in total. The van der Waals surface area contributed by atoms with Crippen LogP contribution < -0.4 is 4.89 Å². The number of phenolic OH excluding ortho intramolecular Hbond substituents is 1. The summed E-state index contributed by atoms with van der Waals surface area (Å²) in [4.78, 5) is 4.17. The highest BCUT2D eigenvalue weighted by Crippen LogP contribution is 2.36. The summed E-state index contributed by atoms with van der Waals surface area (Å²) in [5.74, 6) is 0.373. The Morgan fingerprint density at radius 1 is 1.31 bits per heavy atom. The summed E-state index contributed by atoms with van der Waals surface area (Å²) in [5.41, 5.74) is 1.49. The van der Waals surface area contributed by atoms with Crippen LogP contribution in [-0.4, -0.2) is 10.4 Å². The van der Waals surface area contributed by atoms with Gasteiger partial charge in [0.1, 0.15) is 0 Å². The molecule has 0 radical (unpaired) electrons. The van der Waals surface area contributed by atoms with E-state index in [0.29, 0.717) is 5.56 Å². The van der Waals surface area contributed by atoms with Gasteiger partial charge in [-0.1, -0.05) is 26.0 Å². The first-order valence-electron chi connectivity index (χ1n) is 4.21. The van der Waals surface area contributed by atoms with Gasteiger partial charge in [-0.05, 0) is 18.4 Å². The van der Waals surface area contributed by atoms with Gasteiger partial charge in [0.15, 0.2) is 5.75 Å². The van der Waals surface area contributed by atoms with Gasteiger partial charge in [-0.3, -0.25) is 0 Å². The number of aryl methyl sites for hydroxylation is 1. The molecule has 0 unspecified atom stereocenters. The van der Waals surface area contributed by atoms with Crippen LogP contribution >= 0.6 is 0 Å². The molecule has 3 heteroatoms. The lowest BCUT2D eigenvalue weighted by molar-refractivity contribution is -0.140. The first-order valence-corrected chi connectivity index (χ1v) is 4.21. The van der Waals surface area contributed by atoms with Crippen molar-refractivity contribution in [3.05, 3.63) is 23.3 Å². The molecule has 0 heterocycles. The third-order valence-electron chi connectivity index (χ3n) is 2.08. The minimum Gasteiger partial charge on any atom is -0.504 e. The van der Waals surface area contributed by atoms with Crippen LogP contribution in [0.5, 0.6) is 11.5 Å². The van der Waals surface area contributed by atoms with Gasteiger partial charge in [-0.2, -0.15) is 0 Å². The lowest BCUT2D eigenvalue weighted by Gasteiger charge is -2.12. The lowest BCUT2D eigenvalue weighted by Crippen LogP contribution is -1.96. The van der Waals surface area contributed by atoms with Crippen molar-refractivity contribution in [3.8, 4) is 11.5 Å². The molecule has 2 N–H and O–H groups in total. The van der Waals surface area contributed by atoms with E-state index in [9.17, 15) is 5.11 Å². The van der Waals surface area contributed by atoms with Crippen LogP contribution in [0.25, 0.3) is 0 Å². The predicted octanol–water partition coefficient (Wildman–Crippen LogP) is 2.68. The molecule has 0 fully saturated rings. The molecular formula is C10H14O3. The van der Waals surface area contributed by atoms with E-state index in [4.69, 9.17) is 5.26 Å². The minimum absolute atomic E-state index is 0.00806. The molecule has 1 aromatic rings. The summed E-state index contributed by atoms with van der Waals surface area (Å²) >= 11 is 0. The quantitative estimate of drug-likeness (QED) is 0.546. The molecule has 0 atom stereocenters. The molecule has 1 rings (SSSR count). The van der Waals surface area contributed by atoms with Gasteiger partial charge < -0.3 is 9.99 Å². The van der Waals surface area contributed by atoms with E-state index in [1.54, 1.807) is 13.0 Å². The van der Waals surface area contributed by atoms with Crippen molar-refractivity contribution >= 4 is 0 Å². The molecule has 0 aromatic heterocycles. The average Bonchev–Trinajstić information content (AvgIpc) is 2.09. The second-order valence-corrected chi connectivity index (χ2v) is 3.40. The largest absolute Gasteiger partial charge is 0.504 e. The van der Waals surface area contributed by atoms with Crippen molar-refractivity contribution in [1.82, 2.24) is 0 Å². The summed E-state index contributed by atoms with van der Waals surface area (Å²) in [5, 5.41) is 18.2. The Kier molecular flexibility index (Phi) is 2.78. The maximum absolute atomic E-state index is 9.54. The Labute approximate surface area is 77.5 Å². The Morgan fingerprint density at radius 2 is 1.92 bits per heavy atom. The van der Waals surface area contributed by atoms with Gasteiger partial charge in [0.2, 0.25) is 5.75 Å². The molecular weight excluding hydrogens is 168 g/mol. The highest BCUT2D eigenvalue weighted by molar-refractivity contribution is 5.51. The Morgan fingerprint density at radius 3 is 2.38 bits per heavy atom. The van der Waals surface area contributed by atoms with Crippen molar-refractivity contribution in [2.45, 2.75) is 26.7 Å². The summed E-state index contributed by atoms with van der Waals surface area (Å²) in [6.07, 6.45) is 0. The molecule has 13 heavy (non-hydrogen) atoms. The molecule has 1 aromatic carbocycles. The number of phenols is 1. The van der Waals surface area contributed by atoms with Gasteiger partial charge in [-0.15, -0.1) is 0 Å². The molecule has 0 aliphatic heterocycles. The Balaban J connectivity index is 3.30. The molecule has 0 amide bonds. The fraction of sp³-hybridized carbons (Fsp3) is 0.400. The molecule has 0 saturated heterocycles. The number of hydrogen-bond acceptors (Lipinski definition) is 3. The van der Waals surface area contributed by atoms with E-state index < -0.39 is 0 Å². The van der Waals surface area contributed by atoms with Crippen molar-refractivity contribution < 1.29 is 15.3 Å². The van der Waals surface area contributed by atoms with Gasteiger partial charge >= 0.3 is 0 Å². The summed E-state index contributed by atoms with van der Waals surface area (Å²) in [6.45, 7) is 5.68. The highest BCUT2D eigenvalue weighted by atomic mass is 17.1. The maximum Gasteiger partial charge on any atom is 0.210 e. The van der Waals surface area contributed by atoms with Crippen LogP contribution in [0, 0.1) is 6.92 Å². The van der Waals surface area contributed by atoms with Gasteiger partial charge in [0.25, 0.3) is 0 Å². The standard InChI is InChI=1S/C10H14O3/c1-6(2)8-5-4-7(3)9(11)10(8)13-12/h4-6,11-12H,1-3H3. The van der Waals surface area contributed by atoms with Crippen molar-refractivity contribution in [1.29, 1.82) is 0 Å². The van der Waals surface area contributed by atoms with Crippen LogP contribution in [0.15, 0.2) is 12.1 Å². The molecule has 0 aliphatic rings. The van der Waals surface area contributed by atoms with E-state index >= 15 is 0 Å². The van der Waals surface area contributed by atoms with Gasteiger partial charge in [0, 0.05) is 5.56 Å². The minimum atomic E-state index is 0.00806. The number of aromatic hydroxyl groups is 1. The normalized spacial score (nSPS) is 10.5. The third kappa shape index (κ3) is 1.75. The van der Waals surface area contributed by atoms with Gasteiger partial charge in [-0.25, -0.2) is 5.26 Å². The van der Waals surface area contributed by atoms with Crippen LogP contribution in [0.2, 0.25) is 0 Å². The van der Waals surface area contributed by atoms with E-state index in [-0.39, 0.29) is 17.4 Å². The number of rotatable bonds is 2. The fourth-order valence-electron chi connectivity index (χ4n) is 1.24. The second-order valence-electron chi connectivity index (χ2n) is 3.40. The van der Waals surface area contributed by atoms with Crippen LogP contribution in [0.4, 0.5) is 0 Å². The van der Waals surface area contributed by atoms with Crippen LogP contribution in [0.3, 0.4) is 0 Å². The van der Waals surface area contributed by atoms with Crippen molar-refractivity contribution in [3.63, 3.8) is 0 Å². The smallest absolute Gasteiger partial charge is 0.210 e. The molecule has 0 saturated carbocycles. The molecule has 0 spiro atoms. The second kappa shape index (κ2) is 3.66. The van der Waals surface area contributed by atoms with Crippen molar-refractivity contribution in [2.24, 2.45) is 0 Å². The number of hydrogen-bond donors (Lipinski definition) is 2. The van der Waals surface area contributed by atoms with E-state index in [1.807, 2.05) is 19.9 Å². The van der Waals surface area contributed by atoms with E-state index in [2.05, 4.69) is 4.89 Å². The SMILES string of the molecule is Cc1ccc(C(C)C)c(OO)c1O. The van der Waals surface area contributed by atoms with Gasteiger partial charge in [0.05, 0.1) is 0 Å². The summed E-state index contributed by atoms with van der Waals surface area (Å²) < 4.78 is 0. The fourth-order valence-corrected chi connectivity index (χ4v) is 1.24. The average molecular weight is 182 g/mol. The van der Waals surface area contributed by atoms with Crippen molar-refractivity contribution in [2.75, 3.05) is 0 Å². The lowest BCUT2D eigenvalue weighted by atomic mass is 10.00. The predicted molar refractivity (Wildman–Crippen MR) is 50.2 cm³/mol. The van der Waals surface area contributed by atoms with E-state index in [0.717, 1.165) is 5.56 Å². The zero-order valence-electron chi connectivity index (χ0n) is 8.03. The first-order chi connectivity index (χ1) is 6.07. The number of benzene rings is 1. The summed E-state index contributed by atoms with van der Waals surface area (Å²) in [6, 6.07) is 3.64. The van der Waals surface area contributed by atoms with E-state index in [1.165, 1.54) is 0 Å². The zero-order chi connectivity index (χ0) is 10.0. The topological polar surface area (TPSA) is 49.7 Å².